The zero-order chi connectivity index (χ0) is 29.5. The number of piperidine rings is 1. The van der Waals surface area contributed by atoms with Crippen LogP contribution in [-0.2, 0) is 11.2 Å². The van der Waals surface area contributed by atoms with Crippen LogP contribution < -0.4 is 19.7 Å². The molecule has 0 radical (unpaired) electrons. The SMILES string of the molecule is CCOc1ccccc1OC1CCCN(c2nccc(Nc3nccc(-c4ccc(CC(C)(C)C(=O)O)cc4)n3)n2)C1. The molecule has 5 rings (SSSR count). The number of para-hydroxylation sites is 2. The summed E-state index contributed by atoms with van der Waals surface area (Å²) in [5.74, 6) is 2.30. The van der Waals surface area contributed by atoms with Gasteiger partial charge in [0.05, 0.1) is 24.3 Å². The Labute approximate surface area is 245 Å². The second-order valence-corrected chi connectivity index (χ2v) is 10.9. The van der Waals surface area contributed by atoms with Gasteiger partial charge < -0.3 is 24.8 Å². The molecule has 10 nitrogen and oxygen atoms in total. The summed E-state index contributed by atoms with van der Waals surface area (Å²) >= 11 is 0. The third kappa shape index (κ3) is 7.12. The van der Waals surface area contributed by atoms with E-state index >= 15 is 0 Å². The van der Waals surface area contributed by atoms with Crippen LogP contribution in [-0.4, -0.2) is 56.8 Å². The van der Waals surface area contributed by atoms with Crippen LogP contribution in [0.25, 0.3) is 11.3 Å². The molecule has 0 spiro atoms. The van der Waals surface area contributed by atoms with Crippen LogP contribution >= 0.6 is 0 Å². The van der Waals surface area contributed by atoms with Crippen LogP contribution in [0.3, 0.4) is 0 Å². The number of carbonyl (C=O) groups is 1. The number of nitrogens with zero attached hydrogens (tertiary/aromatic N) is 5. The van der Waals surface area contributed by atoms with Gasteiger partial charge in [0, 0.05) is 24.5 Å². The minimum atomic E-state index is -0.832. The van der Waals surface area contributed by atoms with Gasteiger partial charge in [-0.15, -0.1) is 0 Å². The Kier molecular flexibility index (Phi) is 8.80. The maximum atomic E-state index is 11.5. The summed E-state index contributed by atoms with van der Waals surface area (Å²) in [5.41, 5.74) is 1.78. The van der Waals surface area contributed by atoms with Gasteiger partial charge in [0.15, 0.2) is 11.5 Å². The molecular formula is C32H36N6O4. The second kappa shape index (κ2) is 12.8. The molecule has 2 N–H and O–H groups in total. The topological polar surface area (TPSA) is 123 Å². The fourth-order valence-electron chi connectivity index (χ4n) is 4.86. The molecule has 42 heavy (non-hydrogen) atoms. The molecule has 1 unspecified atom stereocenters. The van der Waals surface area contributed by atoms with Gasteiger partial charge in [-0.3, -0.25) is 4.79 Å². The maximum Gasteiger partial charge on any atom is 0.309 e. The Morgan fingerprint density at radius 1 is 1.02 bits per heavy atom. The van der Waals surface area contributed by atoms with Gasteiger partial charge in [0.25, 0.3) is 0 Å². The molecule has 0 aliphatic carbocycles. The van der Waals surface area contributed by atoms with Gasteiger partial charge in [0.1, 0.15) is 11.9 Å². The van der Waals surface area contributed by atoms with E-state index in [2.05, 4.69) is 25.2 Å². The van der Waals surface area contributed by atoms with Crippen LogP contribution in [0.4, 0.5) is 17.7 Å². The first kappa shape index (κ1) is 28.8. The average molecular weight is 569 g/mol. The zero-order valence-corrected chi connectivity index (χ0v) is 24.2. The van der Waals surface area contributed by atoms with Crippen LogP contribution in [0, 0.1) is 5.41 Å². The van der Waals surface area contributed by atoms with Gasteiger partial charge >= 0.3 is 5.97 Å². The van der Waals surface area contributed by atoms with E-state index in [4.69, 9.17) is 14.5 Å². The number of carboxylic acids is 1. The first-order chi connectivity index (χ1) is 20.3. The first-order valence-corrected chi connectivity index (χ1v) is 14.2. The number of carboxylic acid groups (broad SMARTS) is 1. The number of nitrogens with one attached hydrogen (secondary N) is 1. The fourth-order valence-corrected chi connectivity index (χ4v) is 4.86. The molecule has 3 heterocycles. The third-order valence-corrected chi connectivity index (χ3v) is 7.12. The third-order valence-electron chi connectivity index (χ3n) is 7.12. The molecule has 218 valence electrons. The van der Waals surface area contributed by atoms with Crippen molar-refractivity contribution in [2.45, 2.75) is 46.1 Å². The fraction of sp³-hybridized carbons (Fsp3) is 0.344. The average Bonchev–Trinajstić information content (AvgIpc) is 2.99. The highest BCUT2D eigenvalue weighted by Crippen LogP contribution is 2.30. The lowest BCUT2D eigenvalue weighted by atomic mass is 9.86. The second-order valence-electron chi connectivity index (χ2n) is 10.9. The number of anilines is 3. The van der Waals surface area contributed by atoms with Crippen molar-refractivity contribution in [2.24, 2.45) is 5.41 Å². The molecule has 0 amide bonds. The van der Waals surface area contributed by atoms with Crippen molar-refractivity contribution in [3.63, 3.8) is 0 Å². The lowest BCUT2D eigenvalue weighted by Gasteiger charge is -2.33. The first-order valence-electron chi connectivity index (χ1n) is 14.2. The predicted octanol–water partition coefficient (Wildman–Crippen LogP) is 5.78. The minimum absolute atomic E-state index is 0.0119. The number of hydrogen-bond donors (Lipinski definition) is 2. The number of aromatic nitrogens is 4. The smallest absolute Gasteiger partial charge is 0.309 e. The number of hydrogen-bond acceptors (Lipinski definition) is 9. The Morgan fingerprint density at radius 2 is 1.79 bits per heavy atom. The molecule has 1 aliphatic rings. The predicted molar refractivity (Wildman–Crippen MR) is 161 cm³/mol. The van der Waals surface area contributed by atoms with Crippen molar-refractivity contribution < 1.29 is 19.4 Å². The van der Waals surface area contributed by atoms with E-state index in [-0.39, 0.29) is 6.10 Å². The summed E-state index contributed by atoms with van der Waals surface area (Å²) in [7, 11) is 0. The molecule has 4 aromatic rings. The highest BCUT2D eigenvalue weighted by molar-refractivity contribution is 5.74. The Bertz CT molecular complexity index is 1510. The van der Waals surface area contributed by atoms with E-state index < -0.39 is 11.4 Å². The van der Waals surface area contributed by atoms with E-state index in [1.165, 1.54) is 0 Å². The van der Waals surface area contributed by atoms with E-state index in [1.54, 1.807) is 32.3 Å². The summed E-state index contributed by atoms with van der Waals surface area (Å²) < 4.78 is 12.1. The molecule has 1 saturated heterocycles. The summed E-state index contributed by atoms with van der Waals surface area (Å²) in [5, 5.41) is 12.6. The van der Waals surface area contributed by atoms with Crippen molar-refractivity contribution in [1.82, 2.24) is 19.9 Å². The molecule has 2 aromatic carbocycles. The van der Waals surface area contributed by atoms with Crippen LogP contribution in [0.2, 0.25) is 0 Å². The zero-order valence-electron chi connectivity index (χ0n) is 24.2. The van der Waals surface area contributed by atoms with Crippen molar-refractivity contribution >= 4 is 23.7 Å². The quantitative estimate of drug-likeness (QED) is 0.230. The monoisotopic (exact) mass is 568 g/mol. The molecule has 2 aromatic heterocycles. The molecule has 0 saturated carbocycles. The van der Waals surface area contributed by atoms with Crippen LogP contribution in [0.5, 0.6) is 11.5 Å². The molecule has 1 aliphatic heterocycles. The molecule has 1 fully saturated rings. The lowest BCUT2D eigenvalue weighted by molar-refractivity contribution is -0.146. The van der Waals surface area contributed by atoms with E-state index in [9.17, 15) is 9.90 Å². The Hall–Kier alpha value is -4.73. The van der Waals surface area contributed by atoms with Gasteiger partial charge in [-0.05, 0) is 69.9 Å². The maximum absolute atomic E-state index is 11.5. The van der Waals surface area contributed by atoms with E-state index in [0.717, 1.165) is 47.7 Å². The highest BCUT2D eigenvalue weighted by atomic mass is 16.5. The van der Waals surface area contributed by atoms with E-state index in [1.807, 2.05) is 61.5 Å². The minimum Gasteiger partial charge on any atom is -0.490 e. The highest BCUT2D eigenvalue weighted by Gasteiger charge is 2.27. The van der Waals surface area contributed by atoms with Crippen molar-refractivity contribution in [3.05, 3.63) is 78.6 Å². The standard InChI is InChI=1S/C32H36N6O4/c1-4-41-26-9-5-6-10-27(26)42-24-8-7-19-38(21-24)31-34-18-16-28(37-31)36-30-33-17-15-25(35-30)23-13-11-22(12-14-23)20-32(2,3)29(39)40/h5-6,9-18,24H,4,7-8,19-21H2,1-3H3,(H,39,40)(H,33,34,35,36,37). The lowest BCUT2D eigenvalue weighted by Crippen LogP contribution is -2.42. The Morgan fingerprint density at radius 3 is 2.55 bits per heavy atom. The largest absolute Gasteiger partial charge is 0.490 e. The van der Waals surface area contributed by atoms with Crippen molar-refractivity contribution in [3.8, 4) is 22.8 Å². The van der Waals surface area contributed by atoms with Crippen molar-refractivity contribution in [2.75, 3.05) is 29.9 Å². The molecule has 1 atom stereocenters. The summed E-state index contributed by atoms with van der Waals surface area (Å²) in [6, 6.07) is 19.2. The normalized spacial score (nSPS) is 15.2. The Balaban J connectivity index is 1.25. The molecule has 0 bridgehead atoms. The summed E-state index contributed by atoms with van der Waals surface area (Å²) in [6.45, 7) is 7.49. The van der Waals surface area contributed by atoms with Gasteiger partial charge in [-0.2, -0.15) is 4.98 Å². The number of rotatable bonds is 11. The molecular weight excluding hydrogens is 532 g/mol. The number of aliphatic carboxylic acids is 1. The summed E-state index contributed by atoms with van der Waals surface area (Å²) in [6.07, 6.45) is 5.75. The van der Waals surface area contributed by atoms with Crippen LogP contribution in [0.15, 0.2) is 73.1 Å². The van der Waals surface area contributed by atoms with Gasteiger partial charge in [0.2, 0.25) is 11.9 Å². The number of ether oxygens (including phenoxy) is 2. The molecule has 10 heteroatoms. The van der Waals surface area contributed by atoms with Gasteiger partial charge in [-0.25, -0.2) is 15.0 Å². The number of benzene rings is 2. The van der Waals surface area contributed by atoms with E-state index in [0.29, 0.717) is 37.3 Å². The van der Waals surface area contributed by atoms with Crippen LogP contribution in [0.1, 0.15) is 39.2 Å². The summed E-state index contributed by atoms with van der Waals surface area (Å²) in [4.78, 5) is 31.9. The van der Waals surface area contributed by atoms with Crippen molar-refractivity contribution in [1.29, 1.82) is 0 Å². The van der Waals surface area contributed by atoms with Gasteiger partial charge in [-0.1, -0.05) is 36.4 Å².